The highest BCUT2D eigenvalue weighted by Crippen LogP contribution is 2.38. The third kappa shape index (κ3) is 6.23. The zero-order valence-corrected chi connectivity index (χ0v) is 19.1. The minimum absolute atomic E-state index is 0.0326. The van der Waals surface area contributed by atoms with E-state index in [1.165, 1.54) is 31.2 Å². The molecule has 192 valence electrons. The lowest BCUT2D eigenvalue weighted by Crippen LogP contribution is -2.48. The average molecular weight is 507 g/mol. The second-order valence-electron chi connectivity index (χ2n) is 8.34. The number of rotatable bonds is 4. The second-order valence-corrected chi connectivity index (χ2v) is 8.34. The minimum Gasteiger partial charge on any atom is -0.350 e. The Balaban J connectivity index is 1.83. The maximum absolute atomic E-state index is 13.5. The Bertz CT molecular complexity index is 1040. The molecule has 0 saturated carbocycles. The van der Waals surface area contributed by atoms with Gasteiger partial charge in [-0.05, 0) is 60.9 Å². The predicted molar refractivity (Wildman–Crippen MR) is 113 cm³/mol. The van der Waals surface area contributed by atoms with E-state index in [0.717, 1.165) is 4.90 Å². The molecule has 0 spiro atoms. The quantitative estimate of drug-likeness (QED) is 0.527. The van der Waals surface area contributed by atoms with Crippen LogP contribution in [0.4, 0.5) is 35.5 Å². The largest absolute Gasteiger partial charge is 0.429 e. The lowest BCUT2D eigenvalue weighted by molar-refractivity contribution is -0.152. The molecule has 0 bridgehead atoms. The van der Waals surface area contributed by atoms with Gasteiger partial charge in [-0.1, -0.05) is 6.07 Å². The van der Waals surface area contributed by atoms with Gasteiger partial charge in [0.1, 0.15) is 5.82 Å². The van der Waals surface area contributed by atoms with Crippen LogP contribution in [0.2, 0.25) is 0 Å². The van der Waals surface area contributed by atoms with Gasteiger partial charge in [0, 0.05) is 26.7 Å². The van der Waals surface area contributed by atoms with Crippen molar-refractivity contribution in [2.45, 2.75) is 38.3 Å². The van der Waals surface area contributed by atoms with Crippen molar-refractivity contribution in [3.63, 3.8) is 0 Å². The molecule has 1 heterocycles. The van der Waals surface area contributed by atoms with Crippen LogP contribution in [-0.2, 0) is 17.2 Å². The number of hydrogen-bond donors (Lipinski definition) is 1. The fraction of sp³-hybridized carbons (Fsp3) is 0.435. The van der Waals surface area contributed by atoms with Crippen LogP contribution in [0.25, 0.3) is 0 Å². The summed E-state index contributed by atoms with van der Waals surface area (Å²) in [6.45, 7) is 4.11. The summed E-state index contributed by atoms with van der Waals surface area (Å²) >= 11 is 0. The molecule has 0 aromatic heterocycles. The summed E-state index contributed by atoms with van der Waals surface area (Å²) in [5.74, 6) is -0.425. The Morgan fingerprint density at radius 2 is 1.69 bits per heavy atom. The van der Waals surface area contributed by atoms with E-state index in [2.05, 4.69) is 5.32 Å². The third-order valence-electron chi connectivity index (χ3n) is 5.94. The second kappa shape index (κ2) is 10.0. The molecule has 1 aliphatic heterocycles. The molecule has 1 saturated heterocycles. The Morgan fingerprint density at radius 1 is 1.09 bits per heavy atom. The lowest BCUT2D eigenvalue weighted by atomic mass is 9.99. The molecule has 0 aliphatic carbocycles. The van der Waals surface area contributed by atoms with Gasteiger partial charge in [-0.15, -0.1) is 5.06 Å². The fourth-order valence-corrected chi connectivity index (χ4v) is 3.84. The van der Waals surface area contributed by atoms with Gasteiger partial charge < -0.3 is 15.1 Å². The van der Waals surface area contributed by atoms with Crippen molar-refractivity contribution in [2.24, 2.45) is 0 Å². The van der Waals surface area contributed by atoms with Gasteiger partial charge in [-0.3, -0.25) is 0 Å². The first-order valence-electron chi connectivity index (χ1n) is 10.7. The average Bonchev–Trinajstić information content (AvgIpc) is 2.77. The summed E-state index contributed by atoms with van der Waals surface area (Å²) in [7, 11) is 1.22. The highest BCUT2D eigenvalue weighted by atomic mass is 19.4. The molecule has 1 aliphatic rings. The molecule has 2 aromatic rings. The summed E-state index contributed by atoms with van der Waals surface area (Å²) in [5.41, 5.74) is -1.95. The molecule has 2 aromatic carbocycles. The van der Waals surface area contributed by atoms with E-state index in [1.54, 1.807) is 13.0 Å². The number of halogens is 7. The smallest absolute Gasteiger partial charge is 0.350 e. The van der Waals surface area contributed by atoms with Crippen molar-refractivity contribution in [3.8, 4) is 0 Å². The van der Waals surface area contributed by atoms with Gasteiger partial charge in [0.2, 0.25) is 0 Å². The van der Waals surface area contributed by atoms with E-state index in [0.29, 0.717) is 36.3 Å². The highest BCUT2D eigenvalue weighted by Gasteiger charge is 2.38. The molecule has 1 fully saturated rings. The minimum atomic E-state index is -5.00. The molecule has 2 unspecified atom stereocenters. The highest BCUT2D eigenvalue weighted by molar-refractivity contribution is 5.67. The first-order chi connectivity index (χ1) is 16.2. The van der Waals surface area contributed by atoms with Gasteiger partial charge in [-0.2, -0.15) is 26.3 Å². The Morgan fingerprint density at radius 3 is 2.23 bits per heavy atom. The summed E-state index contributed by atoms with van der Waals surface area (Å²) in [6, 6.07) is 3.74. The summed E-state index contributed by atoms with van der Waals surface area (Å²) in [4.78, 5) is 19.3. The van der Waals surface area contributed by atoms with E-state index in [4.69, 9.17) is 4.84 Å². The van der Waals surface area contributed by atoms with Crippen molar-refractivity contribution >= 4 is 6.09 Å². The Kier molecular flexibility index (Phi) is 7.65. The first-order valence-corrected chi connectivity index (χ1v) is 10.7. The molecule has 1 amide bonds. The zero-order chi connectivity index (χ0) is 26.1. The SMILES string of the molecule is Cc1cc(F)ccc1C1CNCCN1OC(=O)N(C)C(C)c1cc(C(F)(F)F)cc(C(F)(F)F)c1. The third-order valence-corrected chi connectivity index (χ3v) is 5.94. The van der Waals surface area contributed by atoms with Crippen LogP contribution in [0.5, 0.6) is 0 Å². The predicted octanol–water partition coefficient (Wildman–Crippen LogP) is 5.86. The Labute approximate surface area is 197 Å². The molecule has 35 heavy (non-hydrogen) atoms. The number of hydrogen-bond acceptors (Lipinski definition) is 4. The number of alkyl halides is 6. The van der Waals surface area contributed by atoms with Gasteiger partial charge >= 0.3 is 18.4 Å². The summed E-state index contributed by atoms with van der Waals surface area (Å²) in [5, 5.41) is 4.51. The normalized spacial score (nSPS) is 18.3. The van der Waals surface area contributed by atoms with Gasteiger partial charge in [0.15, 0.2) is 0 Å². The molecule has 1 N–H and O–H groups in total. The number of amides is 1. The number of hydroxylamine groups is 2. The van der Waals surface area contributed by atoms with Crippen LogP contribution in [0, 0.1) is 12.7 Å². The van der Waals surface area contributed by atoms with E-state index < -0.39 is 47.5 Å². The van der Waals surface area contributed by atoms with Crippen molar-refractivity contribution in [2.75, 3.05) is 26.7 Å². The van der Waals surface area contributed by atoms with E-state index in [9.17, 15) is 35.5 Å². The fourth-order valence-electron chi connectivity index (χ4n) is 3.84. The van der Waals surface area contributed by atoms with Crippen LogP contribution in [0.15, 0.2) is 36.4 Å². The number of piperazine rings is 1. The van der Waals surface area contributed by atoms with Crippen molar-refractivity contribution in [1.82, 2.24) is 15.3 Å². The number of aryl methyl sites for hydroxylation is 1. The topological polar surface area (TPSA) is 44.8 Å². The maximum atomic E-state index is 13.5. The number of nitrogens with one attached hydrogen (secondary N) is 1. The zero-order valence-electron chi connectivity index (χ0n) is 19.1. The number of carbonyl (C=O) groups excluding carboxylic acids is 1. The molecule has 2 atom stereocenters. The monoisotopic (exact) mass is 507 g/mol. The van der Waals surface area contributed by atoms with Crippen LogP contribution < -0.4 is 5.32 Å². The maximum Gasteiger partial charge on any atom is 0.429 e. The molecule has 0 radical (unpaired) electrons. The van der Waals surface area contributed by atoms with Crippen LogP contribution >= 0.6 is 0 Å². The van der Waals surface area contributed by atoms with E-state index in [-0.39, 0.29) is 18.2 Å². The standard InChI is InChI=1S/C23H24F7N3O2/c1-13-8-18(24)4-5-19(13)20-12-31-6-7-33(20)35-21(34)32(3)14(2)15-9-16(22(25,26)27)11-17(10-15)23(28,29)30/h4-5,8-11,14,20,31H,6-7,12H2,1-3H3. The molecule has 5 nitrogen and oxygen atoms in total. The van der Waals surface area contributed by atoms with E-state index >= 15 is 0 Å². The van der Waals surface area contributed by atoms with Crippen LogP contribution in [-0.4, -0.2) is 42.7 Å². The number of benzene rings is 2. The van der Waals surface area contributed by atoms with Gasteiger partial charge in [0.05, 0.1) is 23.2 Å². The summed E-state index contributed by atoms with van der Waals surface area (Å²) < 4.78 is 92.8. The van der Waals surface area contributed by atoms with Crippen LogP contribution in [0.1, 0.15) is 46.8 Å². The molecular weight excluding hydrogens is 483 g/mol. The molecular formula is C23H24F7N3O2. The number of nitrogens with zero attached hydrogens (tertiary/aromatic N) is 2. The van der Waals surface area contributed by atoms with Gasteiger partial charge in [-0.25, -0.2) is 9.18 Å². The lowest BCUT2D eigenvalue weighted by Gasteiger charge is -2.37. The Hall–Kier alpha value is -2.86. The van der Waals surface area contributed by atoms with Gasteiger partial charge in [0.25, 0.3) is 0 Å². The first kappa shape index (κ1) is 26.7. The molecule has 12 heteroatoms. The van der Waals surface area contributed by atoms with E-state index in [1.807, 2.05) is 0 Å². The van der Waals surface area contributed by atoms with Crippen molar-refractivity contribution < 1.29 is 40.4 Å². The van der Waals surface area contributed by atoms with Crippen LogP contribution in [0.3, 0.4) is 0 Å². The molecule has 3 rings (SSSR count). The number of carbonyl (C=O) groups is 1. The summed E-state index contributed by atoms with van der Waals surface area (Å²) in [6.07, 6.45) is -11.0. The van der Waals surface area contributed by atoms with Crippen molar-refractivity contribution in [1.29, 1.82) is 0 Å². The van der Waals surface area contributed by atoms with Crippen molar-refractivity contribution in [3.05, 3.63) is 70.0 Å².